The molecule has 3 aromatic rings. The summed E-state index contributed by atoms with van der Waals surface area (Å²) in [6, 6.07) is 15.0. The van der Waals surface area contributed by atoms with Crippen molar-refractivity contribution in [3.63, 3.8) is 0 Å². The minimum atomic E-state index is -0.961. The fourth-order valence-electron chi connectivity index (χ4n) is 4.06. The summed E-state index contributed by atoms with van der Waals surface area (Å²) in [5.41, 5.74) is 2.90. The number of carboxylic acid groups (broad SMARTS) is 1. The second-order valence-corrected chi connectivity index (χ2v) is 8.90. The Hall–Kier alpha value is -3.03. The van der Waals surface area contributed by atoms with Crippen LogP contribution in [0.3, 0.4) is 0 Å². The third kappa shape index (κ3) is 5.72. The average Bonchev–Trinajstić information content (AvgIpc) is 3.24. The molecule has 0 spiro atoms. The minimum absolute atomic E-state index is 0.290. The lowest BCUT2D eigenvalue weighted by Gasteiger charge is -2.27. The van der Waals surface area contributed by atoms with E-state index < -0.39 is 11.8 Å². The molecule has 7 nitrogen and oxygen atoms in total. The van der Waals surface area contributed by atoms with Crippen molar-refractivity contribution in [3.8, 4) is 11.1 Å². The molecule has 0 aliphatic carbocycles. The lowest BCUT2D eigenvalue weighted by molar-refractivity contribution is -0.225. The van der Waals surface area contributed by atoms with Gasteiger partial charge < -0.3 is 14.6 Å². The molecule has 1 heterocycles. The number of methoxy groups -OCH3 is 2. The zero-order valence-electron chi connectivity index (χ0n) is 20.7. The predicted molar refractivity (Wildman–Crippen MR) is 132 cm³/mol. The van der Waals surface area contributed by atoms with Gasteiger partial charge in [-0.05, 0) is 35.1 Å². The summed E-state index contributed by atoms with van der Waals surface area (Å²) in [5, 5.41) is 14.3. The van der Waals surface area contributed by atoms with E-state index in [-0.39, 0.29) is 0 Å². The predicted octanol–water partition coefficient (Wildman–Crippen LogP) is 5.53. The van der Waals surface area contributed by atoms with Crippen LogP contribution in [0.1, 0.15) is 67.6 Å². The molecule has 1 aromatic heterocycles. The van der Waals surface area contributed by atoms with Crippen molar-refractivity contribution >= 4 is 5.97 Å². The second-order valence-electron chi connectivity index (χ2n) is 8.90. The van der Waals surface area contributed by atoms with Gasteiger partial charge in [-0.3, -0.25) is 0 Å². The normalized spacial score (nSPS) is 11.8. The Morgan fingerprint density at radius 2 is 1.76 bits per heavy atom. The lowest BCUT2D eigenvalue weighted by Crippen LogP contribution is -2.32. The highest BCUT2D eigenvalue weighted by Crippen LogP contribution is 2.30. The number of carboxylic acids is 1. The van der Waals surface area contributed by atoms with Gasteiger partial charge in [-0.2, -0.15) is 0 Å². The van der Waals surface area contributed by atoms with Crippen LogP contribution in [0.15, 0.2) is 48.5 Å². The largest absolute Gasteiger partial charge is 0.478 e. The van der Waals surface area contributed by atoms with Crippen molar-refractivity contribution in [1.82, 2.24) is 14.8 Å². The van der Waals surface area contributed by atoms with Gasteiger partial charge in [0.15, 0.2) is 0 Å². The van der Waals surface area contributed by atoms with Crippen molar-refractivity contribution in [2.75, 3.05) is 14.2 Å². The highest BCUT2D eigenvalue weighted by Gasteiger charge is 2.36. The summed E-state index contributed by atoms with van der Waals surface area (Å²) in [6.45, 7) is 7.02. The fourth-order valence-corrected chi connectivity index (χ4v) is 4.06. The first-order chi connectivity index (χ1) is 16.3. The molecule has 0 fully saturated rings. The van der Waals surface area contributed by atoms with E-state index >= 15 is 0 Å². The number of benzene rings is 2. The van der Waals surface area contributed by atoms with Gasteiger partial charge in [0.05, 0.1) is 12.1 Å². The van der Waals surface area contributed by atoms with Gasteiger partial charge in [0, 0.05) is 27.1 Å². The number of carbonyl (C=O) groups is 1. The van der Waals surface area contributed by atoms with Gasteiger partial charge in [-0.15, -0.1) is 5.10 Å². The quantitative estimate of drug-likeness (QED) is 0.354. The maximum absolute atomic E-state index is 11.6. The molecule has 7 heteroatoms. The zero-order chi connectivity index (χ0) is 24.7. The molecular formula is C27H35N3O4. The Morgan fingerprint density at radius 1 is 1.09 bits per heavy atom. The van der Waals surface area contributed by atoms with Crippen LogP contribution in [0.25, 0.3) is 11.1 Å². The number of hydrogen-bond acceptors (Lipinski definition) is 5. The summed E-state index contributed by atoms with van der Waals surface area (Å²) >= 11 is 0. The maximum atomic E-state index is 11.6. The monoisotopic (exact) mass is 465 g/mol. The maximum Gasteiger partial charge on any atom is 0.336 e. The van der Waals surface area contributed by atoms with Gasteiger partial charge in [-0.1, -0.05) is 69.7 Å². The van der Waals surface area contributed by atoms with Crippen molar-refractivity contribution in [1.29, 1.82) is 0 Å². The molecule has 182 valence electrons. The molecule has 2 aromatic carbocycles. The van der Waals surface area contributed by atoms with E-state index in [0.29, 0.717) is 35.8 Å². The minimum Gasteiger partial charge on any atom is -0.478 e. The number of nitrogens with zero attached hydrogens (tertiary/aromatic N) is 3. The number of hydrogen-bond donors (Lipinski definition) is 1. The Kier molecular flexibility index (Phi) is 8.58. The van der Waals surface area contributed by atoms with Gasteiger partial charge in [-0.25, -0.2) is 14.5 Å². The van der Waals surface area contributed by atoms with Crippen LogP contribution in [0.4, 0.5) is 0 Å². The molecule has 0 atom stereocenters. The van der Waals surface area contributed by atoms with Crippen LogP contribution in [0, 0.1) is 5.92 Å². The number of aryl methyl sites for hydroxylation is 1. The van der Waals surface area contributed by atoms with Gasteiger partial charge >= 0.3 is 5.97 Å². The lowest BCUT2D eigenvalue weighted by atomic mass is 9.99. The first kappa shape index (κ1) is 25.6. The molecule has 0 amide bonds. The van der Waals surface area contributed by atoms with Crippen molar-refractivity contribution in [2.45, 2.75) is 58.8 Å². The van der Waals surface area contributed by atoms with Crippen LogP contribution < -0.4 is 0 Å². The molecular weight excluding hydrogens is 430 g/mol. The van der Waals surface area contributed by atoms with E-state index in [0.717, 1.165) is 36.2 Å². The van der Waals surface area contributed by atoms with E-state index in [9.17, 15) is 9.90 Å². The summed E-state index contributed by atoms with van der Waals surface area (Å²) in [4.78, 5) is 16.4. The van der Waals surface area contributed by atoms with E-state index in [1.165, 1.54) is 0 Å². The fraction of sp³-hybridized carbons (Fsp3) is 0.444. The molecule has 34 heavy (non-hydrogen) atoms. The Bertz CT molecular complexity index is 1090. The molecule has 0 aliphatic heterocycles. The van der Waals surface area contributed by atoms with Crippen molar-refractivity contribution in [3.05, 3.63) is 71.3 Å². The van der Waals surface area contributed by atoms with E-state index in [1.54, 1.807) is 26.4 Å². The highest BCUT2D eigenvalue weighted by molar-refractivity contribution is 5.95. The summed E-state index contributed by atoms with van der Waals surface area (Å²) in [5.74, 6) is 0.101. The number of aromatic carboxylic acids is 1. The van der Waals surface area contributed by atoms with Crippen LogP contribution >= 0.6 is 0 Å². The highest BCUT2D eigenvalue weighted by atomic mass is 16.7. The number of ether oxygens (including phenoxy) is 2. The first-order valence-corrected chi connectivity index (χ1v) is 11.8. The topological polar surface area (TPSA) is 86.5 Å². The third-order valence-corrected chi connectivity index (χ3v) is 6.03. The summed E-state index contributed by atoms with van der Waals surface area (Å²) < 4.78 is 13.4. The van der Waals surface area contributed by atoms with E-state index in [1.807, 2.05) is 41.1 Å². The summed E-state index contributed by atoms with van der Waals surface area (Å²) in [7, 11) is 3.25. The van der Waals surface area contributed by atoms with E-state index in [4.69, 9.17) is 19.6 Å². The van der Waals surface area contributed by atoms with Crippen molar-refractivity contribution < 1.29 is 19.4 Å². The molecule has 3 rings (SSSR count). The number of rotatable bonds is 12. The molecule has 0 unspecified atom stereocenters. The molecule has 0 saturated carbocycles. The second kappa shape index (κ2) is 11.4. The molecule has 0 aliphatic rings. The molecule has 1 N–H and O–H groups in total. The van der Waals surface area contributed by atoms with Crippen LogP contribution in [-0.2, 0) is 28.2 Å². The number of aromatic nitrogens is 3. The standard InChI is InChI=1S/C27H35N3O4/c1-6-17-27(33-4,34-5)26-28-24(16-11-19(2)3)30(29-26)18-20-12-14-21(15-13-20)22-9-7-8-10-23(22)25(31)32/h7-10,12-15,19H,6,11,16-18H2,1-5H3,(H,31,32). The molecule has 0 bridgehead atoms. The van der Waals surface area contributed by atoms with Gasteiger partial charge in [0.2, 0.25) is 11.6 Å². The SMILES string of the molecule is CCCC(OC)(OC)c1nc(CCC(C)C)n(Cc2ccc(-c3ccccc3C(=O)O)cc2)n1. The molecule has 0 radical (unpaired) electrons. The zero-order valence-corrected chi connectivity index (χ0v) is 20.7. The first-order valence-electron chi connectivity index (χ1n) is 11.8. The molecule has 0 saturated heterocycles. The Labute approximate surface area is 201 Å². The van der Waals surface area contributed by atoms with E-state index in [2.05, 4.69) is 20.8 Å². The smallest absolute Gasteiger partial charge is 0.336 e. The van der Waals surface area contributed by atoms with Gasteiger partial charge in [0.25, 0.3) is 0 Å². The van der Waals surface area contributed by atoms with Crippen molar-refractivity contribution in [2.24, 2.45) is 5.92 Å². The van der Waals surface area contributed by atoms with Crippen LogP contribution in [0.5, 0.6) is 0 Å². The van der Waals surface area contributed by atoms with Crippen LogP contribution in [0.2, 0.25) is 0 Å². The Morgan fingerprint density at radius 3 is 2.35 bits per heavy atom. The summed E-state index contributed by atoms with van der Waals surface area (Å²) in [6.07, 6.45) is 3.34. The average molecular weight is 466 g/mol. The van der Waals surface area contributed by atoms with Crippen LogP contribution in [-0.4, -0.2) is 40.1 Å². The Balaban J connectivity index is 1.92. The van der Waals surface area contributed by atoms with Gasteiger partial charge in [0.1, 0.15) is 5.82 Å². The third-order valence-electron chi connectivity index (χ3n) is 6.03.